The molecule has 1 aromatic carbocycles. The molecule has 0 aliphatic heterocycles. The standard InChI is InChI=1S/C16H21N3O2/c1-3-15(17)12-8-9-19(10-12)11-16(20)18-13-4-6-14(21-2)7-5-13/h4-10,15H,3,11,17H2,1-2H3,(H,18,20). The maximum atomic E-state index is 12.0. The van der Waals surface area contributed by atoms with Crippen molar-refractivity contribution in [1.29, 1.82) is 0 Å². The molecule has 1 unspecified atom stereocenters. The second-order valence-corrected chi connectivity index (χ2v) is 4.91. The van der Waals surface area contributed by atoms with Crippen LogP contribution < -0.4 is 15.8 Å². The number of methoxy groups -OCH3 is 1. The number of carbonyl (C=O) groups excluding carboxylic acids is 1. The van der Waals surface area contributed by atoms with E-state index in [1.54, 1.807) is 7.11 Å². The number of hydrogen-bond acceptors (Lipinski definition) is 3. The van der Waals surface area contributed by atoms with Crippen molar-refractivity contribution in [3.05, 3.63) is 48.3 Å². The van der Waals surface area contributed by atoms with E-state index < -0.39 is 0 Å². The Morgan fingerprint density at radius 2 is 2.05 bits per heavy atom. The van der Waals surface area contributed by atoms with Crippen LogP contribution in [0.3, 0.4) is 0 Å². The highest BCUT2D eigenvalue weighted by Gasteiger charge is 2.08. The molecule has 1 aromatic heterocycles. The van der Waals surface area contributed by atoms with E-state index in [1.807, 2.05) is 54.2 Å². The van der Waals surface area contributed by atoms with Crippen LogP contribution in [0.15, 0.2) is 42.7 Å². The van der Waals surface area contributed by atoms with Gasteiger partial charge < -0.3 is 20.4 Å². The average Bonchev–Trinajstić information content (AvgIpc) is 2.95. The van der Waals surface area contributed by atoms with Gasteiger partial charge in [-0.2, -0.15) is 0 Å². The van der Waals surface area contributed by atoms with Gasteiger partial charge in [-0.1, -0.05) is 6.92 Å². The van der Waals surface area contributed by atoms with E-state index in [-0.39, 0.29) is 18.5 Å². The first-order valence-electron chi connectivity index (χ1n) is 6.97. The fourth-order valence-electron chi connectivity index (χ4n) is 2.05. The first-order valence-corrected chi connectivity index (χ1v) is 6.97. The average molecular weight is 287 g/mol. The molecule has 1 amide bonds. The lowest BCUT2D eigenvalue weighted by Crippen LogP contribution is -2.18. The summed E-state index contributed by atoms with van der Waals surface area (Å²) in [5, 5.41) is 2.85. The van der Waals surface area contributed by atoms with E-state index in [0.717, 1.165) is 23.4 Å². The van der Waals surface area contributed by atoms with Gasteiger partial charge in [-0.3, -0.25) is 4.79 Å². The van der Waals surface area contributed by atoms with Gasteiger partial charge in [-0.15, -0.1) is 0 Å². The summed E-state index contributed by atoms with van der Waals surface area (Å²) in [5.74, 6) is 0.684. The van der Waals surface area contributed by atoms with E-state index in [2.05, 4.69) is 5.32 Å². The fraction of sp³-hybridized carbons (Fsp3) is 0.312. The first kappa shape index (κ1) is 15.1. The van der Waals surface area contributed by atoms with Gasteiger partial charge in [0.2, 0.25) is 5.91 Å². The van der Waals surface area contributed by atoms with Crippen LogP contribution in [0, 0.1) is 0 Å². The summed E-state index contributed by atoms with van der Waals surface area (Å²) in [4.78, 5) is 12.0. The maximum Gasteiger partial charge on any atom is 0.244 e. The Bertz CT molecular complexity index is 590. The summed E-state index contributed by atoms with van der Waals surface area (Å²) >= 11 is 0. The molecule has 112 valence electrons. The number of rotatable bonds is 6. The minimum absolute atomic E-state index is 0.0240. The van der Waals surface area contributed by atoms with Crippen LogP contribution >= 0.6 is 0 Å². The SMILES string of the molecule is CCC(N)c1ccn(CC(=O)Nc2ccc(OC)cc2)c1. The Labute approximate surface area is 124 Å². The van der Waals surface area contributed by atoms with Crippen molar-refractivity contribution in [2.45, 2.75) is 25.9 Å². The molecule has 0 spiro atoms. The van der Waals surface area contributed by atoms with Crippen LogP contribution in [0.4, 0.5) is 5.69 Å². The van der Waals surface area contributed by atoms with Crippen LogP contribution in [-0.2, 0) is 11.3 Å². The van der Waals surface area contributed by atoms with Gasteiger partial charge >= 0.3 is 0 Å². The van der Waals surface area contributed by atoms with E-state index in [0.29, 0.717) is 0 Å². The predicted octanol–water partition coefficient (Wildman–Crippen LogP) is 2.55. The zero-order valence-electron chi connectivity index (χ0n) is 12.4. The summed E-state index contributed by atoms with van der Waals surface area (Å²) < 4.78 is 6.91. The van der Waals surface area contributed by atoms with Gasteiger partial charge in [0, 0.05) is 24.1 Å². The third-order valence-corrected chi connectivity index (χ3v) is 3.34. The number of aromatic nitrogens is 1. The minimum Gasteiger partial charge on any atom is -0.497 e. The lowest BCUT2D eigenvalue weighted by molar-refractivity contribution is -0.116. The molecular weight excluding hydrogens is 266 g/mol. The number of amides is 1. The molecule has 0 aliphatic rings. The van der Waals surface area contributed by atoms with Crippen molar-refractivity contribution in [2.24, 2.45) is 5.73 Å². The Kier molecular flexibility index (Phi) is 5.00. The molecule has 1 heterocycles. The maximum absolute atomic E-state index is 12.0. The Morgan fingerprint density at radius 1 is 1.33 bits per heavy atom. The van der Waals surface area contributed by atoms with Gasteiger partial charge in [0.1, 0.15) is 12.3 Å². The third kappa shape index (κ3) is 4.10. The molecular formula is C16H21N3O2. The van der Waals surface area contributed by atoms with Crippen molar-refractivity contribution < 1.29 is 9.53 Å². The molecule has 2 rings (SSSR count). The molecule has 0 fully saturated rings. The summed E-state index contributed by atoms with van der Waals surface area (Å²) in [5.41, 5.74) is 7.76. The molecule has 5 heteroatoms. The molecule has 0 bridgehead atoms. The molecule has 0 saturated heterocycles. The highest BCUT2D eigenvalue weighted by molar-refractivity contribution is 5.90. The van der Waals surface area contributed by atoms with Gasteiger partial charge in [0.05, 0.1) is 7.11 Å². The van der Waals surface area contributed by atoms with Crippen LogP contribution in [0.5, 0.6) is 5.75 Å². The highest BCUT2D eigenvalue weighted by atomic mass is 16.5. The van der Waals surface area contributed by atoms with Crippen molar-refractivity contribution in [2.75, 3.05) is 12.4 Å². The highest BCUT2D eigenvalue weighted by Crippen LogP contribution is 2.16. The third-order valence-electron chi connectivity index (χ3n) is 3.34. The minimum atomic E-state index is -0.0765. The topological polar surface area (TPSA) is 69.3 Å². The summed E-state index contributed by atoms with van der Waals surface area (Å²) in [6.07, 6.45) is 4.67. The number of hydrogen-bond donors (Lipinski definition) is 2. The quantitative estimate of drug-likeness (QED) is 0.858. The van der Waals surface area contributed by atoms with Crippen molar-refractivity contribution in [1.82, 2.24) is 4.57 Å². The van der Waals surface area contributed by atoms with Gasteiger partial charge in [0.25, 0.3) is 0 Å². The van der Waals surface area contributed by atoms with Crippen molar-refractivity contribution in [3.8, 4) is 5.75 Å². The Balaban J connectivity index is 1.93. The number of anilines is 1. The number of ether oxygens (including phenoxy) is 1. The zero-order chi connectivity index (χ0) is 15.2. The van der Waals surface area contributed by atoms with E-state index >= 15 is 0 Å². The largest absolute Gasteiger partial charge is 0.497 e. The monoisotopic (exact) mass is 287 g/mol. The van der Waals surface area contributed by atoms with Gasteiger partial charge in [-0.25, -0.2) is 0 Å². The van der Waals surface area contributed by atoms with Gasteiger partial charge in [0.15, 0.2) is 0 Å². The summed E-state index contributed by atoms with van der Waals surface area (Å²) in [7, 11) is 1.61. The Morgan fingerprint density at radius 3 is 2.67 bits per heavy atom. The lowest BCUT2D eigenvalue weighted by atomic mass is 10.1. The van der Waals surface area contributed by atoms with E-state index in [9.17, 15) is 4.79 Å². The molecule has 1 atom stereocenters. The Hall–Kier alpha value is -2.27. The van der Waals surface area contributed by atoms with Crippen LogP contribution in [0.2, 0.25) is 0 Å². The van der Waals surface area contributed by atoms with Crippen LogP contribution in [-0.4, -0.2) is 17.6 Å². The zero-order valence-corrected chi connectivity index (χ0v) is 12.4. The summed E-state index contributed by atoms with van der Waals surface area (Å²) in [6.45, 7) is 2.31. The number of nitrogens with zero attached hydrogens (tertiary/aromatic N) is 1. The molecule has 0 radical (unpaired) electrons. The van der Waals surface area contributed by atoms with Crippen molar-refractivity contribution >= 4 is 11.6 Å². The predicted molar refractivity (Wildman–Crippen MR) is 83.3 cm³/mol. The van der Waals surface area contributed by atoms with Crippen LogP contribution in [0.25, 0.3) is 0 Å². The van der Waals surface area contributed by atoms with Crippen LogP contribution in [0.1, 0.15) is 24.9 Å². The molecule has 2 aromatic rings. The second kappa shape index (κ2) is 6.95. The van der Waals surface area contributed by atoms with E-state index in [4.69, 9.17) is 10.5 Å². The second-order valence-electron chi connectivity index (χ2n) is 4.91. The smallest absolute Gasteiger partial charge is 0.244 e. The molecule has 5 nitrogen and oxygen atoms in total. The lowest BCUT2D eigenvalue weighted by Gasteiger charge is -2.08. The summed E-state index contributed by atoms with van der Waals surface area (Å²) in [6, 6.07) is 9.22. The fourth-order valence-corrected chi connectivity index (χ4v) is 2.05. The number of carbonyl (C=O) groups is 1. The molecule has 3 N–H and O–H groups in total. The normalized spacial score (nSPS) is 12.0. The number of benzene rings is 1. The number of nitrogens with one attached hydrogen (secondary N) is 1. The number of nitrogens with two attached hydrogens (primary N) is 1. The molecule has 0 saturated carbocycles. The molecule has 0 aliphatic carbocycles. The first-order chi connectivity index (χ1) is 10.1. The van der Waals surface area contributed by atoms with Gasteiger partial charge in [-0.05, 0) is 42.3 Å². The molecule has 21 heavy (non-hydrogen) atoms. The van der Waals surface area contributed by atoms with Crippen molar-refractivity contribution in [3.63, 3.8) is 0 Å². The van der Waals surface area contributed by atoms with E-state index in [1.165, 1.54) is 0 Å².